The topological polar surface area (TPSA) is 56.1 Å². The SMILES string of the molecule is CONC(=O)c1ccc(-n2nccc2C)cc1. The van der Waals surface area contributed by atoms with Crippen LogP contribution in [0, 0.1) is 6.92 Å². The van der Waals surface area contributed by atoms with Crippen LogP contribution in [0.15, 0.2) is 36.5 Å². The smallest absolute Gasteiger partial charge is 0.274 e. The molecule has 0 bridgehead atoms. The van der Waals surface area contributed by atoms with Gasteiger partial charge in [0.2, 0.25) is 0 Å². The molecule has 5 nitrogen and oxygen atoms in total. The van der Waals surface area contributed by atoms with Gasteiger partial charge in [-0.25, -0.2) is 10.2 Å². The summed E-state index contributed by atoms with van der Waals surface area (Å²) in [6, 6.07) is 9.05. The third-order valence-corrected chi connectivity index (χ3v) is 2.40. The van der Waals surface area contributed by atoms with Crippen LogP contribution in [0.2, 0.25) is 0 Å². The molecule has 0 aliphatic heterocycles. The highest BCUT2D eigenvalue weighted by molar-refractivity contribution is 5.93. The molecule has 1 aromatic heterocycles. The summed E-state index contributed by atoms with van der Waals surface area (Å²) in [7, 11) is 1.40. The Morgan fingerprint density at radius 3 is 2.53 bits per heavy atom. The highest BCUT2D eigenvalue weighted by Gasteiger charge is 2.05. The van der Waals surface area contributed by atoms with Crippen molar-refractivity contribution >= 4 is 5.91 Å². The Balaban J connectivity index is 2.25. The molecule has 88 valence electrons. The number of benzene rings is 1. The van der Waals surface area contributed by atoms with Crippen molar-refractivity contribution in [2.45, 2.75) is 6.92 Å². The molecule has 0 aliphatic carbocycles. The van der Waals surface area contributed by atoms with Crippen LogP contribution in [-0.2, 0) is 4.84 Å². The van der Waals surface area contributed by atoms with Crippen molar-refractivity contribution in [1.82, 2.24) is 15.3 Å². The summed E-state index contributed by atoms with van der Waals surface area (Å²) in [5, 5.41) is 4.19. The molecule has 0 saturated carbocycles. The number of hydrogen-bond acceptors (Lipinski definition) is 3. The van der Waals surface area contributed by atoms with E-state index in [2.05, 4.69) is 15.4 Å². The third kappa shape index (κ3) is 2.34. The van der Waals surface area contributed by atoms with E-state index in [1.165, 1.54) is 7.11 Å². The Morgan fingerprint density at radius 1 is 1.29 bits per heavy atom. The number of carbonyl (C=O) groups is 1. The van der Waals surface area contributed by atoms with Crippen LogP contribution in [0.5, 0.6) is 0 Å². The van der Waals surface area contributed by atoms with Gasteiger partial charge >= 0.3 is 0 Å². The second-order valence-corrected chi connectivity index (χ2v) is 3.57. The van der Waals surface area contributed by atoms with Gasteiger partial charge in [0, 0.05) is 17.5 Å². The molecule has 0 radical (unpaired) electrons. The Kier molecular flexibility index (Phi) is 3.20. The van der Waals surface area contributed by atoms with E-state index in [0.29, 0.717) is 5.56 Å². The summed E-state index contributed by atoms with van der Waals surface area (Å²) in [6.45, 7) is 1.97. The third-order valence-electron chi connectivity index (χ3n) is 2.40. The second-order valence-electron chi connectivity index (χ2n) is 3.57. The Labute approximate surface area is 99.0 Å². The van der Waals surface area contributed by atoms with Crippen molar-refractivity contribution in [1.29, 1.82) is 0 Å². The molecule has 2 aromatic rings. The van der Waals surface area contributed by atoms with E-state index in [-0.39, 0.29) is 5.91 Å². The molecule has 0 aliphatic rings. The monoisotopic (exact) mass is 231 g/mol. The van der Waals surface area contributed by atoms with Crippen LogP contribution in [0.25, 0.3) is 5.69 Å². The summed E-state index contributed by atoms with van der Waals surface area (Å²) in [5.41, 5.74) is 4.77. The first-order chi connectivity index (χ1) is 8.22. The fraction of sp³-hybridized carbons (Fsp3) is 0.167. The largest absolute Gasteiger partial charge is 0.277 e. The fourth-order valence-corrected chi connectivity index (χ4v) is 1.55. The van der Waals surface area contributed by atoms with Crippen molar-refractivity contribution in [3.63, 3.8) is 0 Å². The molecular formula is C12H13N3O2. The van der Waals surface area contributed by atoms with Crippen LogP contribution in [0.4, 0.5) is 0 Å². The molecule has 0 fully saturated rings. The van der Waals surface area contributed by atoms with Crippen LogP contribution < -0.4 is 5.48 Å². The van der Waals surface area contributed by atoms with E-state index in [9.17, 15) is 4.79 Å². The maximum absolute atomic E-state index is 11.5. The summed E-state index contributed by atoms with van der Waals surface area (Å²) in [5.74, 6) is -0.267. The van der Waals surface area contributed by atoms with Gasteiger partial charge < -0.3 is 0 Å². The van der Waals surface area contributed by atoms with Crippen molar-refractivity contribution < 1.29 is 9.63 Å². The Morgan fingerprint density at radius 2 is 2.00 bits per heavy atom. The minimum absolute atomic E-state index is 0.267. The Bertz CT molecular complexity index is 517. The molecule has 1 N–H and O–H groups in total. The van der Waals surface area contributed by atoms with E-state index in [1.807, 2.05) is 25.1 Å². The fourth-order valence-electron chi connectivity index (χ4n) is 1.55. The second kappa shape index (κ2) is 4.80. The van der Waals surface area contributed by atoms with E-state index >= 15 is 0 Å². The highest BCUT2D eigenvalue weighted by atomic mass is 16.6. The van der Waals surface area contributed by atoms with Gasteiger partial charge in [-0.05, 0) is 37.3 Å². The van der Waals surface area contributed by atoms with Gasteiger partial charge in [0.05, 0.1) is 12.8 Å². The van der Waals surface area contributed by atoms with Gasteiger partial charge in [-0.1, -0.05) is 0 Å². The van der Waals surface area contributed by atoms with E-state index < -0.39 is 0 Å². The molecule has 0 saturated heterocycles. The number of rotatable bonds is 3. The molecule has 17 heavy (non-hydrogen) atoms. The van der Waals surface area contributed by atoms with Crippen molar-refractivity contribution in [2.75, 3.05) is 7.11 Å². The van der Waals surface area contributed by atoms with E-state index in [4.69, 9.17) is 0 Å². The molecular weight excluding hydrogens is 218 g/mol. The minimum Gasteiger partial charge on any atom is -0.277 e. The number of aryl methyl sites for hydroxylation is 1. The highest BCUT2D eigenvalue weighted by Crippen LogP contribution is 2.11. The normalized spacial score (nSPS) is 10.2. The zero-order valence-corrected chi connectivity index (χ0v) is 9.68. The molecule has 2 rings (SSSR count). The maximum Gasteiger partial charge on any atom is 0.274 e. The van der Waals surface area contributed by atoms with E-state index in [0.717, 1.165) is 11.4 Å². The molecule has 0 spiro atoms. The molecule has 0 atom stereocenters. The molecule has 0 unspecified atom stereocenters. The lowest BCUT2D eigenvalue weighted by Crippen LogP contribution is -2.21. The summed E-state index contributed by atoms with van der Waals surface area (Å²) in [4.78, 5) is 16.0. The lowest BCUT2D eigenvalue weighted by atomic mass is 10.2. The van der Waals surface area contributed by atoms with Crippen LogP contribution in [-0.4, -0.2) is 22.8 Å². The van der Waals surface area contributed by atoms with Crippen molar-refractivity contribution in [3.05, 3.63) is 47.8 Å². The van der Waals surface area contributed by atoms with Crippen LogP contribution >= 0.6 is 0 Å². The number of hydroxylamine groups is 1. The average molecular weight is 231 g/mol. The number of carbonyl (C=O) groups excluding carboxylic acids is 1. The summed E-state index contributed by atoms with van der Waals surface area (Å²) >= 11 is 0. The predicted molar refractivity (Wildman–Crippen MR) is 62.8 cm³/mol. The maximum atomic E-state index is 11.5. The standard InChI is InChI=1S/C12H13N3O2/c1-9-7-8-13-15(9)11-5-3-10(4-6-11)12(16)14-17-2/h3-8H,1-2H3,(H,14,16). The van der Waals surface area contributed by atoms with Gasteiger partial charge in [0.1, 0.15) is 0 Å². The number of nitrogens with one attached hydrogen (secondary N) is 1. The lowest BCUT2D eigenvalue weighted by molar-refractivity contribution is 0.0537. The first-order valence-electron chi connectivity index (χ1n) is 5.17. The zero-order valence-electron chi connectivity index (χ0n) is 9.68. The van der Waals surface area contributed by atoms with Crippen molar-refractivity contribution in [3.8, 4) is 5.69 Å². The Hall–Kier alpha value is -2.14. The first kappa shape index (κ1) is 11.3. The zero-order chi connectivity index (χ0) is 12.3. The number of hydrogen-bond donors (Lipinski definition) is 1. The minimum atomic E-state index is -0.267. The number of aromatic nitrogens is 2. The average Bonchev–Trinajstić information content (AvgIpc) is 2.76. The van der Waals surface area contributed by atoms with Crippen LogP contribution in [0.1, 0.15) is 16.1 Å². The van der Waals surface area contributed by atoms with Crippen molar-refractivity contribution in [2.24, 2.45) is 0 Å². The lowest BCUT2D eigenvalue weighted by Gasteiger charge is -2.06. The van der Waals surface area contributed by atoms with Gasteiger partial charge in [0.15, 0.2) is 0 Å². The molecule has 1 aromatic carbocycles. The van der Waals surface area contributed by atoms with Gasteiger partial charge in [-0.15, -0.1) is 0 Å². The first-order valence-corrected chi connectivity index (χ1v) is 5.17. The summed E-state index contributed by atoms with van der Waals surface area (Å²) < 4.78 is 1.80. The molecule has 5 heteroatoms. The quantitative estimate of drug-likeness (QED) is 0.814. The molecule has 1 heterocycles. The number of nitrogens with zero attached hydrogens (tertiary/aromatic N) is 2. The van der Waals surface area contributed by atoms with Gasteiger partial charge in [-0.2, -0.15) is 5.10 Å². The number of amides is 1. The predicted octanol–water partition coefficient (Wildman–Crippen LogP) is 1.47. The molecule has 1 amide bonds. The summed E-state index contributed by atoms with van der Waals surface area (Å²) in [6.07, 6.45) is 1.74. The van der Waals surface area contributed by atoms with Gasteiger partial charge in [0.25, 0.3) is 5.91 Å². The van der Waals surface area contributed by atoms with Crippen LogP contribution in [0.3, 0.4) is 0 Å². The van der Waals surface area contributed by atoms with E-state index in [1.54, 1.807) is 23.0 Å². The van der Waals surface area contributed by atoms with Gasteiger partial charge in [-0.3, -0.25) is 9.63 Å².